The summed E-state index contributed by atoms with van der Waals surface area (Å²) in [5, 5.41) is 5.63. The van der Waals surface area contributed by atoms with Crippen LogP contribution >= 0.6 is 0 Å². The van der Waals surface area contributed by atoms with E-state index in [9.17, 15) is 9.59 Å². The highest BCUT2D eigenvalue weighted by Gasteiger charge is 2.17. The summed E-state index contributed by atoms with van der Waals surface area (Å²) in [7, 11) is 1.61. The minimum Gasteiger partial charge on any atom is -0.356 e. The Morgan fingerprint density at radius 1 is 1.09 bits per heavy atom. The molecule has 5 aromatic rings. The fourth-order valence-corrected chi connectivity index (χ4v) is 3.92. The van der Waals surface area contributed by atoms with Crippen LogP contribution in [-0.4, -0.2) is 35.2 Å². The average Bonchev–Trinajstić information content (AvgIpc) is 3.44. The van der Waals surface area contributed by atoms with E-state index in [0.29, 0.717) is 30.2 Å². The van der Waals surface area contributed by atoms with Crippen molar-refractivity contribution < 1.29 is 0 Å². The quantitative estimate of drug-likeness (QED) is 0.387. The zero-order valence-corrected chi connectivity index (χ0v) is 17.7. The van der Waals surface area contributed by atoms with E-state index in [-0.39, 0.29) is 0 Å². The van der Waals surface area contributed by atoms with E-state index in [0.717, 1.165) is 29.3 Å². The van der Waals surface area contributed by atoms with Crippen LogP contribution in [0, 0.1) is 0 Å². The van der Waals surface area contributed by atoms with Crippen molar-refractivity contribution >= 4 is 27.9 Å². The molecule has 9 nitrogen and oxygen atoms in total. The van der Waals surface area contributed by atoms with Gasteiger partial charge in [-0.25, -0.2) is 9.78 Å². The van der Waals surface area contributed by atoms with Crippen molar-refractivity contribution in [3.8, 4) is 0 Å². The average molecular weight is 429 g/mol. The van der Waals surface area contributed by atoms with Crippen molar-refractivity contribution in [2.75, 3.05) is 11.9 Å². The molecule has 5 rings (SSSR count). The smallest absolute Gasteiger partial charge is 0.329 e. The highest BCUT2D eigenvalue weighted by atomic mass is 16.2. The summed E-state index contributed by atoms with van der Waals surface area (Å²) in [5.74, 6) is 0.561. The third-order valence-electron chi connectivity index (χ3n) is 5.60. The maximum Gasteiger partial charge on any atom is 0.329 e. The van der Waals surface area contributed by atoms with Crippen LogP contribution in [0.25, 0.3) is 21.9 Å². The summed E-state index contributed by atoms with van der Waals surface area (Å²) in [4.78, 5) is 35.9. The Morgan fingerprint density at radius 3 is 2.75 bits per heavy atom. The van der Waals surface area contributed by atoms with E-state index >= 15 is 0 Å². The van der Waals surface area contributed by atoms with Gasteiger partial charge in [0.2, 0.25) is 5.95 Å². The van der Waals surface area contributed by atoms with Crippen LogP contribution in [-0.2, 0) is 20.1 Å². The molecule has 0 atom stereocenters. The third kappa shape index (κ3) is 3.68. The Balaban J connectivity index is 1.50. The first kappa shape index (κ1) is 19.8. The topological polar surface area (TPSA) is 103 Å². The van der Waals surface area contributed by atoms with Gasteiger partial charge in [-0.05, 0) is 28.8 Å². The summed E-state index contributed by atoms with van der Waals surface area (Å²) >= 11 is 0. The number of rotatable bonds is 7. The SMILES string of the molecule is Cn1c(=O)[nH]c(=O)c2c1nc(NCCCn1ccnc1)n2Cc1ccc2ccccc2c1. The van der Waals surface area contributed by atoms with Crippen molar-refractivity contribution in [1.29, 1.82) is 0 Å². The van der Waals surface area contributed by atoms with E-state index in [1.807, 2.05) is 33.5 Å². The molecule has 32 heavy (non-hydrogen) atoms. The fraction of sp³-hybridized carbons (Fsp3) is 0.217. The number of benzene rings is 2. The number of aromatic amines is 1. The van der Waals surface area contributed by atoms with Crippen molar-refractivity contribution in [2.24, 2.45) is 7.05 Å². The maximum atomic E-state index is 12.7. The zero-order valence-electron chi connectivity index (χ0n) is 17.7. The Labute approximate surface area is 183 Å². The normalized spacial score (nSPS) is 11.4. The minimum absolute atomic E-state index is 0.358. The number of aromatic nitrogens is 6. The summed E-state index contributed by atoms with van der Waals surface area (Å²) in [6.45, 7) is 1.93. The van der Waals surface area contributed by atoms with E-state index in [1.54, 1.807) is 19.6 Å². The van der Waals surface area contributed by atoms with Crippen molar-refractivity contribution in [3.05, 3.63) is 87.6 Å². The third-order valence-corrected chi connectivity index (χ3v) is 5.60. The number of fused-ring (bicyclic) bond motifs is 2. The molecule has 9 heteroatoms. The monoisotopic (exact) mass is 429 g/mol. The summed E-state index contributed by atoms with van der Waals surface area (Å²) in [6, 6.07) is 14.4. The molecule has 0 saturated heterocycles. The Hall–Kier alpha value is -4.14. The van der Waals surface area contributed by atoms with E-state index in [4.69, 9.17) is 0 Å². The van der Waals surface area contributed by atoms with Gasteiger partial charge in [0.1, 0.15) is 0 Å². The van der Waals surface area contributed by atoms with Crippen molar-refractivity contribution in [3.63, 3.8) is 0 Å². The second-order valence-corrected chi connectivity index (χ2v) is 7.77. The molecular weight excluding hydrogens is 406 g/mol. The molecule has 0 unspecified atom stereocenters. The predicted octanol–water partition coefficient (Wildman–Crippen LogP) is 2.32. The molecule has 2 aromatic carbocycles. The largest absolute Gasteiger partial charge is 0.356 e. The van der Waals surface area contributed by atoms with Gasteiger partial charge in [-0.15, -0.1) is 0 Å². The Bertz CT molecular complexity index is 1510. The summed E-state index contributed by atoms with van der Waals surface area (Å²) in [6.07, 6.45) is 6.31. The lowest BCUT2D eigenvalue weighted by Crippen LogP contribution is -2.29. The van der Waals surface area contributed by atoms with Crippen LogP contribution in [0.4, 0.5) is 5.95 Å². The first-order chi connectivity index (χ1) is 15.6. The molecule has 3 heterocycles. The standard InChI is InChI=1S/C23H23N7O2/c1-28-20-19(21(31)27-23(28)32)30(14-16-7-8-17-5-2-3-6-18(17)13-16)22(26-20)25-9-4-11-29-12-10-24-15-29/h2-3,5-8,10,12-13,15H,4,9,11,14H2,1H3,(H,25,26)(H,27,31,32). The number of H-pyrrole nitrogens is 1. The van der Waals surface area contributed by atoms with Crippen LogP contribution in [0.5, 0.6) is 0 Å². The second kappa shape index (κ2) is 8.18. The number of hydrogen-bond donors (Lipinski definition) is 2. The van der Waals surface area contributed by atoms with Crippen LogP contribution < -0.4 is 16.6 Å². The molecule has 0 aliphatic rings. The van der Waals surface area contributed by atoms with Gasteiger partial charge in [0, 0.05) is 32.5 Å². The molecule has 0 spiro atoms. The molecule has 0 aliphatic heterocycles. The van der Waals surface area contributed by atoms with Gasteiger partial charge in [-0.1, -0.05) is 36.4 Å². The van der Waals surface area contributed by atoms with Crippen LogP contribution in [0.3, 0.4) is 0 Å². The first-order valence-electron chi connectivity index (χ1n) is 10.5. The van der Waals surface area contributed by atoms with Crippen LogP contribution in [0.15, 0.2) is 70.8 Å². The number of imidazole rings is 2. The maximum absolute atomic E-state index is 12.7. The van der Waals surface area contributed by atoms with Gasteiger partial charge in [0.15, 0.2) is 11.2 Å². The molecule has 3 aromatic heterocycles. The lowest BCUT2D eigenvalue weighted by molar-refractivity contribution is 0.657. The number of aryl methyl sites for hydroxylation is 2. The molecule has 0 saturated carbocycles. The molecule has 0 bridgehead atoms. The van der Waals surface area contributed by atoms with Crippen LogP contribution in [0.1, 0.15) is 12.0 Å². The molecule has 0 amide bonds. The fourth-order valence-electron chi connectivity index (χ4n) is 3.92. The molecular formula is C23H23N7O2. The van der Waals surface area contributed by atoms with Gasteiger partial charge in [-0.2, -0.15) is 4.98 Å². The number of hydrogen-bond acceptors (Lipinski definition) is 5. The molecule has 162 valence electrons. The highest BCUT2D eigenvalue weighted by Crippen LogP contribution is 2.21. The Morgan fingerprint density at radius 2 is 1.94 bits per heavy atom. The summed E-state index contributed by atoms with van der Waals surface area (Å²) in [5.41, 5.74) is 0.846. The molecule has 0 aliphatic carbocycles. The summed E-state index contributed by atoms with van der Waals surface area (Å²) < 4.78 is 5.22. The Kier molecular flexibility index (Phi) is 5.06. The lowest BCUT2D eigenvalue weighted by Gasteiger charge is -2.11. The minimum atomic E-state index is -0.482. The van der Waals surface area contributed by atoms with E-state index < -0.39 is 11.2 Å². The number of nitrogens with one attached hydrogen (secondary N) is 2. The van der Waals surface area contributed by atoms with Crippen LogP contribution in [0.2, 0.25) is 0 Å². The molecule has 0 radical (unpaired) electrons. The predicted molar refractivity (Wildman–Crippen MR) is 124 cm³/mol. The van der Waals surface area contributed by atoms with E-state index in [2.05, 4.69) is 44.5 Å². The first-order valence-corrected chi connectivity index (χ1v) is 10.5. The highest BCUT2D eigenvalue weighted by molar-refractivity contribution is 5.83. The lowest BCUT2D eigenvalue weighted by atomic mass is 10.1. The van der Waals surface area contributed by atoms with Gasteiger partial charge in [0.05, 0.1) is 12.9 Å². The van der Waals surface area contributed by atoms with Gasteiger partial charge < -0.3 is 9.88 Å². The number of nitrogens with zero attached hydrogens (tertiary/aromatic N) is 5. The second-order valence-electron chi connectivity index (χ2n) is 7.77. The number of anilines is 1. The van der Waals surface area contributed by atoms with Crippen molar-refractivity contribution in [1.82, 2.24) is 28.7 Å². The molecule has 0 fully saturated rings. The molecule has 2 N–H and O–H groups in total. The van der Waals surface area contributed by atoms with Gasteiger partial charge in [0.25, 0.3) is 5.56 Å². The van der Waals surface area contributed by atoms with E-state index in [1.165, 1.54) is 4.57 Å². The van der Waals surface area contributed by atoms with Gasteiger partial charge in [-0.3, -0.25) is 18.9 Å². The van der Waals surface area contributed by atoms with Crippen molar-refractivity contribution in [2.45, 2.75) is 19.5 Å². The van der Waals surface area contributed by atoms with Gasteiger partial charge >= 0.3 is 5.69 Å². The zero-order chi connectivity index (χ0) is 22.1.